The summed E-state index contributed by atoms with van der Waals surface area (Å²) in [6.07, 6.45) is 2.88. The highest BCUT2D eigenvalue weighted by atomic mass is 16.6. The van der Waals surface area contributed by atoms with E-state index in [1.54, 1.807) is 0 Å². The van der Waals surface area contributed by atoms with Crippen LogP contribution in [0.4, 0.5) is 4.79 Å². The second-order valence-electron chi connectivity index (χ2n) is 11.8. The third kappa shape index (κ3) is 7.64. The Hall–Kier alpha value is -3.76. The monoisotopic (exact) mass is 526 g/mol. The van der Waals surface area contributed by atoms with Gasteiger partial charge in [0.2, 0.25) is 0 Å². The van der Waals surface area contributed by atoms with Gasteiger partial charge in [0.05, 0.1) is 0 Å². The van der Waals surface area contributed by atoms with Gasteiger partial charge in [-0.05, 0) is 69.7 Å². The van der Waals surface area contributed by atoms with Crippen LogP contribution in [-0.2, 0) is 11.3 Å². The Bertz CT molecular complexity index is 1380. The maximum Gasteiger partial charge on any atom is 0.407 e. The first-order chi connectivity index (χ1) is 18.7. The highest BCUT2D eigenvalue weighted by Crippen LogP contribution is 2.28. The number of likely N-dealkylation sites (tertiary alicyclic amines) is 1. The van der Waals surface area contributed by atoms with E-state index in [0.29, 0.717) is 24.7 Å². The molecule has 0 radical (unpaired) electrons. The fraction of sp³-hybridized carbons (Fsp3) is 0.438. The van der Waals surface area contributed by atoms with Crippen molar-refractivity contribution in [3.05, 3.63) is 71.4 Å². The van der Waals surface area contributed by atoms with Crippen molar-refractivity contribution in [2.24, 2.45) is 11.8 Å². The molecule has 39 heavy (non-hydrogen) atoms. The normalized spacial score (nSPS) is 19.4. The molecule has 1 aliphatic carbocycles. The Morgan fingerprint density at radius 1 is 1.05 bits per heavy atom. The number of fused-ring (bicyclic) bond motifs is 1. The van der Waals surface area contributed by atoms with Crippen molar-refractivity contribution in [3.8, 4) is 11.8 Å². The molecule has 5 rings (SSSR count). The first kappa shape index (κ1) is 26.8. The van der Waals surface area contributed by atoms with Crippen molar-refractivity contribution >= 4 is 22.9 Å². The fourth-order valence-corrected chi connectivity index (χ4v) is 5.05. The minimum absolute atomic E-state index is 0.119. The van der Waals surface area contributed by atoms with Gasteiger partial charge in [0.15, 0.2) is 0 Å². The summed E-state index contributed by atoms with van der Waals surface area (Å²) in [4.78, 5) is 31.0. The van der Waals surface area contributed by atoms with Crippen molar-refractivity contribution in [2.75, 3.05) is 19.6 Å². The van der Waals surface area contributed by atoms with Gasteiger partial charge in [0.1, 0.15) is 11.3 Å². The average molecular weight is 527 g/mol. The van der Waals surface area contributed by atoms with Crippen LogP contribution in [0.25, 0.3) is 10.9 Å². The topological polar surface area (TPSA) is 86.5 Å². The predicted molar refractivity (Wildman–Crippen MR) is 153 cm³/mol. The molecule has 2 aromatic carbocycles. The summed E-state index contributed by atoms with van der Waals surface area (Å²) >= 11 is 0. The smallest absolute Gasteiger partial charge is 0.407 e. The molecule has 2 fully saturated rings. The molecule has 0 spiro atoms. The number of benzene rings is 2. The molecule has 2 atom stereocenters. The van der Waals surface area contributed by atoms with Gasteiger partial charge in [-0.15, -0.1) is 0 Å². The van der Waals surface area contributed by atoms with E-state index < -0.39 is 11.7 Å². The number of carbonyl (C=O) groups is 2. The molecule has 7 heteroatoms. The van der Waals surface area contributed by atoms with Crippen molar-refractivity contribution < 1.29 is 14.3 Å². The number of ether oxygens (including phenoxy) is 1. The van der Waals surface area contributed by atoms with Gasteiger partial charge in [0.25, 0.3) is 5.91 Å². The molecule has 0 bridgehead atoms. The minimum Gasteiger partial charge on any atom is -0.444 e. The van der Waals surface area contributed by atoms with E-state index >= 15 is 0 Å². The number of aromatic amines is 1. The second-order valence-corrected chi connectivity index (χ2v) is 11.8. The molecule has 2 aliphatic rings. The quantitative estimate of drug-likeness (QED) is 0.375. The van der Waals surface area contributed by atoms with Crippen LogP contribution in [0.3, 0.4) is 0 Å². The number of hydrogen-bond donors (Lipinski definition) is 3. The summed E-state index contributed by atoms with van der Waals surface area (Å²) in [7, 11) is 0. The van der Waals surface area contributed by atoms with Crippen LogP contribution in [0, 0.1) is 23.7 Å². The average Bonchev–Trinajstić information content (AvgIpc) is 3.50. The van der Waals surface area contributed by atoms with Gasteiger partial charge in [-0.2, -0.15) is 0 Å². The third-order valence-corrected chi connectivity index (χ3v) is 7.14. The highest BCUT2D eigenvalue weighted by Gasteiger charge is 2.33. The summed E-state index contributed by atoms with van der Waals surface area (Å²) in [5.41, 5.74) is 3.14. The number of nitrogens with one attached hydrogen (secondary N) is 3. The van der Waals surface area contributed by atoms with E-state index in [9.17, 15) is 9.59 Å². The molecule has 1 saturated carbocycles. The summed E-state index contributed by atoms with van der Waals surface area (Å²) in [5.74, 6) is 7.24. The number of nitrogens with zero attached hydrogens (tertiary/aromatic N) is 1. The lowest BCUT2D eigenvalue weighted by Gasteiger charge is -2.24. The lowest BCUT2D eigenvalue weighted by molar-refractivity contribution is 0.0519. The zero-order valence-electron chi connectivity index (χ0n) is 23.0. The number of aromatic nitrogens is 1. The summed E-state index contributed by atoms with van der Waals surface area (Å²) < 4.78 is 5.40. The molecular weight excluding hydrogens is 488 g/mol. The Morgan fingerprint density at radius 3 is 2.59 bits per heavy atom. The number of alkyl carbamates (subject to hydrolysis) is 1. The maximum absolute atomic E-state index is 13.1. The summed E-state index contributed by atoms with van der Waals surface area (Å²) in [6.45, 7) is 8.28. The van der Waals surface area contributed by atoms with Gasteiger partial charge in [-0.25, -0.2) is 4.79 Å². The van der Waals surface area contributed by atoms with Crippen LogP contribution in [0.2, 0.25) is 0 Å². The Morgan fingerprint density at radius 2 is 1.85 bits per heavy atom. The van der Waals surface area contributed by atoms with Gasteiger partial charge >= 0.3 is 6.09 Å². The Labute approximate surface area is 230 Å². The second kappa shape index (κ2) is 11.5. The largest absolute Gasteiger partial charge is 0.444 e. The first-order valence-corrected chi connectivity index (χ1v) is 13.9. The van der Waals surface area contributed by atoms with Crippen LogP contribution >= 0.6 is 0 Å². The number of amides is 2. The van der Waals surface area contributed by atoms with Crippen LogP contribution < -0.4 is 10.6 Å². The lowest BCUT2D eigenvalue weighted by Crippen LogP contribution is -2.39. The Kier molecular flexibility index (Phi) is 7.94. The predicted octanol–water partition coefficient (Wildman–Crippen LogP) is 5.07. The molecule has 3 N–H and O–H groups in total. The summed E-state index contributed by atoms with van der Waals surface area (Å²) in [5, 5.41) is 7.07. The molecule has 1 saturated heterocycles. The zero-order valence-corrected chi connectivity index (χ0v) is 23.0. The van der Waals surface area contributed by atoms with Crippen LogP contribution in [0.15, 0.2) is 54.6 Å². The number of hydrogen-bond acceptors (Lipinski definition) is 4. The molecule has 204 valence electrons. The molecule has 1 aliphatic heterocycles. The SMILES string of the molecule is CC(C)(C)OC(=O)NC[C@@H]1C[C@@H](CNC(=O)c2cc3ccc(C#CC4CC4)cc3[nH]2)N(Cc2ccccc2)C1. The molecule has 2 heterocycles. The minimum atomic E-state index is -0.528. The van der Waals surface area contributed by atoms with Gasteiger partial charge < -0.3 is 20.4 Å². The third-order valence-electron chi connectivity index (χ3n) is 7.14. The van der Waals surface area contributed by atoms with Crippen LogP contribution in [0.1, 0.15) is 61.6 Å². The number of carbonyl (C=O) groups excluding carboxylic acids is 2. The van der Waals surface area contributed by atoms with Gasteiger partial charge in [-0.3, -0.25) is 9.69 Å². The van der Waals surface area contributed by atoms with Crippen molar-refractivity contribution in [2.45, 2.75) is 58.2 Å². The van der Waals surface area contributed by atoms with Crippen molar-refractivity contribution in [1.82, 2.24) is 20.5 Å². The van der Waals surface area contributed by atoms with Gasteiger partial charge in [0, 0.05) is 54.6 Å². The first-order valence-electron chi connectivity index (χ1n) is 13.9. The van der Waals surface area contributed by atoms with E-state index in [-0.39, 0.29) is 17.9 Å². The van der Waals surface area contributed by atoms with Gasteiger partial charge in [-0.1, -0.05) is 48.2 Å². The van der Waals surface area contributed by atoms with Crippen molar-refractivity contribution in [1.29, 1.82) is 0 Å². The lowest BCUT2D eigenvalue weighted by atomic mass is 10.1. The Balaban J connectivity index is 1.21. The molecule has 2 amide bonds. The van der Waals surface area contributed by atoms with Crippen LogP contribution in [0.5, 0.6) is 0 Å². The highest BCUT2D eigenvalue weighted by molar-refractivity contribution is 5.98. The maximum atomic E-state index is 13.1. The fourth-order valence-electron chi connectivity index (χ4n) is 5.05. The molecule has 1 aromatic heterocycles. The van der Waals surface area contributed by atoms with E-state index in [1.165, 1.54) is 18.4 Å². The molecule has 3 aromatic rings. The van der Waals surface area contributed by atoms with Crippen molar-refractivity contribution in [3.63, 3.8) is 0 Å². The van der Waals surface area contributed by atoms with E-state index in [0.717, 1.165) is 36.0 Å². The molecule has 7 nitrogen and oxygen atoms in total. The number of H-pyrrole nitrogens is 1. The molecular formula is C32H38N4O3. The van der Waals surface area contributed by atoms with E-state index in [2.05, 4.69) is 44.5 Å². The van der Waals surface area contributed by atoms with E-state index in [1.807, 2.05) is 63.2 Å². The summed E-state index contributed by atoms with van der Waals surface area (Å²) in [6, 6.07) is 18.4. The van der Waals surface area contributed by atoms with Crippen LogP contribution in [-0.4, -0.2) is 53.2 Å². The zero-order chi connectivity index (χ0) is 27.4. The standard InChI is InChI=1S/C32H38N4O3/c1-32(2,3)39-31(38)34-18-25-15-27(36(21-25)20-24-7-5-4-6-8-24)19-33-30(37)29-17-26-14-13-23(16-28(26)35-29)12-11-22-9-10-22/h4-8,13-14,16-17,22,25,27,35H,9-10,15,18-21H2,1-3H3,(H,33,37)(H,34,38)/t25-,27-/m0/s1. The number of rotatable bonds is 7. The van der Waals surface area contributed by atoms with E-state index in [4.69, 9.17) is 4.74 Å². The molecule has 0 unspecified atom stereocenters.